The van der Waals surface area contributed by atoms with Crippen LogP contribution in [0.5, 0.6) is 0 Å². The number of hydrogen-bond acceptors (Lipinski definition) is 5. The normalized spacial score (nSPS) is 10.9. The van der Waals surface area contributed by atoms with Gasteiger partial charge in [0.2, 0.25) is 0 Å². The fourth-order valence-corrected chi connectivity index (χ4v) is 3.03. The summed E-state index contributed by atoms with van der Waals surface area (Å²) in [5.74, 6) is -0.494. The Labute approximate surface area is 164 Å². The Morgan fingerprint density at radius 1 is 1.21 bits per heavy atom. The van der Waals surface area contributed by atoms with E-state index in [9.17, 15) is 9.59 Å². The molecule has 0 aliphatic carbocycles. The van der Waals surface area contributed by atoms with Crippen LogP contribution >= 0.6 is 11.6 Å². The molecule has 0 saturated heterocycles. The Balaban J connectivity index is 1.55. The van der Waals surface area contributed by atoms with E-state index in [2.05, 4.69) is 5.10 Å². The summed E-state index contributed by atoms with van der Waals surface area (Å²) in [5, 5.41) is 5.32. The van der Waals surface area contributed by atoms with E-state index < -0.39 is 11.6 Å². The number of esters is 1. The molecule has 0 unspecified atom stereocenters. The molecule has 7 heteroatoms. The van der Waals surface area contributed by atoms with Gasteiger partial charge in [0, 0.05) is 34.4 Å². The second-order valence-corrected chi connectivity index (χ2v) is 6.67. The van der Waals surface area contributed by atoms with Crippen LogP contribution in [0.3, 0.4) is 0 Å². The Hall–Kier alpha value is -3.38. The SMILES string of the molecule is Cc1cc2oc(=O)cc(COC(=O)c3ccc(-n4cccn4)cc3)c2cc1Cl. The topological polar surface area (TPSA) is 74.3 Å². The third kappa shape index (κ3) is 3.54. The van der Waals surface area contributed by atoms with E-state index in [1.54, 1.807) is 47.3 Å². The van der Waals surface area contributed by atoms with Gasteiger partial charge in [-0.2, -0.15) is 5.10 Å². The molecule has 2 heterocycles. The van der Waals surface area contributed by atoms with Gasteiger partial charge in [-0.25, -0.2) is 14.3 Å². The molecule has 4 aromatic rings. The van der Waals surface area contributed by atoms with Crippen molar-refractivity contribution < 1.29 is 13.9 Å². The number of rotatable bonds is 4. The van der Waals surface area contributed by atoms with Gasteiger partial charge in [0.1, 0.15) is 12.2 Å². The first-order valence-corrected chi connectivity index (χ1v) is 8.89. The fraction of sp³-hybridized carbons (Fsp3) is 0.0952. The Kier molecular flexibility index (Phi) is 4.71. The van der Waals surface area contributed by atoms with Crippen molar-refractivity contribution in [1.29, 1.82) is 0 Å². The summed E-state index contributed by atoms with van der Waals surface area (Å²) < 4.78 is 12.3. The fourth-order valence-electron chi connectivity index (χ4n) is 2.87. The van der Waals surface area contributed by atoms with E-state index in [0.29, 0.717) is 27.1 Å². The number of halogens is 1. The number of aryl methyl sites for hydroxylation is 1. The third-order valence-electron chi connectivity index (χ3n) is 4.34. The molecule has 6 nitrogen and oxygen atoms in total. The monoisotopic (exact) mass is 394 g/mol. The van der Waals surface area contributed by atoms with Gasteiger partial charge in [-0.1, -0.05) is 11.6 Å². The Morgan fingerprint density at radius 3 is 2.71 bits per heavy atom. The number of ether oxygens (including phenoxy) is 1. The number of benzene rings is 2. The molecule has 140 valence electrons. The Morgan fingerprint density at radius 2 is 2.00 bits per heavy atom. The van der Waals surface area contributed by atoms with E-state index in [-0.39, 0.29) is 6.61 Å². The van der Waals surface area contributed by atoms with Crippen molar-refractivity contribution in [2.45, 2.75) is 13.5 Å². The lowest BCUT2D eigenvalue weighted by Gasteiger charge is -2.09. The van der Waals surface area contributed by atoms with Gasteiger partial charge in [-0.05, 0) is 55.0 Å². The molecular weight excluding hydrogens is 380 g/mol. The van der Waals surface area contributed by atoms with Gasteiger partial charge >= 0.3 is 11.6 Å². The van der Waals surface area contributed by atoms with Gasteiger partial charge in [0.15, 0.2) is 0 Å². The predicted molar refractivity (Wildman–Crippen MR) is 105 cm³/mol. The van der Waals surface area contributed by atoms with Crippen LogP contribution in [0.4, 0.5) is 0 Å². The van der Waals surface area contributed by atoms with Crippen molar-refractivity contribution in [2.24, 2.45) is 0 Å². The van der Waals surface area contributed by atoms with Crippen LogP contribution < -0.4 is 5.63 Å². The molecule has 28 heavy (non-hydrogen) atoms. The number of nitrogens with zero attached hydrogens (tertiary/aromatic N) is 2. The molecule has 0 radical (unpaired) electrons. The molecule has 2 aromatic heterocycles. The summed E-state index contributed by atoms with van der Waals surface area (Å²) in [7, 11) is 0. The Bertz CT molecular complexity index is 1210. The van der Waals surface area contributed by atoms with Crippen molar-refractivity contribution in [1.82, 2.24) is 9.78 Å². The van der Waals surface area contributed by atoms with Gasteiger partial charge in [-0.3, -0.25) is 0 Å². The summed E-state index contributed by atoms with van der Waals surface area (Å²) in [6.07, 6.45) is 3.49. The van der Waals surface area contributed by atoms with E-state index in [1.165, 1.54) is 6.07 Å². The lowest BCUT2D eigenvalue weighted by Crippen LogP contribution is -2.08. The van der Waals surface area contributed by atoms with Crippen LogP contribution in [0.1, 0.15) is 21.5 Å². The summed E-state index contributed by atoms with van der Waals surface area (Å²) in [4.78, 5) is 24.2. The average Bonchev–Trinajstić information content (AvgIpc) is 3.22. The van der Waals surface area contributed by atoms with Gasteiger partial charge in [0.05, 0.1) is 11.3 Å². The molecule has 0 aliphatic rings. The number of aromatic nitrogens is 2. The highest BCUT2D eigenvalue weighted by Gasteiger charge is 2.12. The van der Waals surface area contributed by atoms with Crippen LogP contribution in [0.25, 0.3) is 16.7 Å². The number of hydrogen-bond donors (Lipinski definition) is 0. The summed E-state index contributed by atoms with van der Waals surface area (Å²) in [6, 6.07) is 13.4. The summed E-state index contributed by atoms with van der Waals surface area (Å²) >= 11 is 6.18. The van der Waals surface area contributed by atoms with E-state index >= 15 is 0 Å². The summed E-state index contributed by atoms with van der Waals surface area (Å²) in [5.41, 5.74) is 2.46. The lowest BCUT2D eigenvalue weighted by molar-refractivity contribution is 0.0474. The quantitative estimate of drug-likeness (QED) is 0.381. The first-order chi connectivity index (χ1) is 13.5. The molecule has 0 aliphatic heterocycles. The van der Waals surface area contributed by atoms with Crippen molar-refractivity contribution >= 4 is 28.5 Å². The van der Waals surface area contributed by atoms with Crippen LogP contribution in [0.15, 0.2) is 70.1 Å². The molecule has 0 fully saturated rings. The molecule has 0 spiro atoms. The first kappa shape index (κ1) is 18.0. The van der Waals surface area contributed by atoms with Gasteiger partial charge < -0.3 is 9.15 Å². The van der Waals surface area contributed by atoms with Crippen LogP contribution in [-0.2, 0) is 11.3 Å². The zero-order chi connectivity index (χ0) is 19.7. The maximum Gasteiger partial charge on any atom is 0.338 e. The molecule has 0 bridgehead atoms. The number of carbonyl (C=O) groups excluding carboxylic acids is 1. The second kappa shape index (κ2) is 7.32. The van der Waals surface area contributed by atoms with Crippen LogP contribution in [0, 0.1) is 6.92 Å². The van der Waals surface area contributed by atoms with Gasteiger partial charge in [0.25, 0.3) is 0 Å². The molecule has 4 rings (SSSR count). The minimum Gasteiger partial charge on any atom is -0.457 e. The highest BCUT2D eigenvalue weighted by atomic mass is 35.5. The molecule has 0 N–H and O–H groups in total. The van der Waals surface area contributed by atoms with Crippen LogP contribution in [-0.4, -0.2) is 15.7 Å². The largest absolute Gasteiger partial charge is 0.457 e. The molecule has 2 aromatic carbocycles. The van der Waals surface area contributed by atoms with Crippen molar-refractivity contribution in [2.75, 3.05) is 0 Å². The standard InChI is InChI=1S/C21H15ClN2O4/c1-13-9-19-17(11-18(13)22)15(10-20(25)28-19)12-27-21(26)14-3-5-16(6-4-14)24-8-2-7-23-24/h2-11H,12H2,1H3. The molecule has 0 amide bonds. The van der Waals surface area contributed by atoms with Crippen molar-refractivity contribution in [3.8, 4) is 5.69 Å². The minimum atomic E-state index is -0.510. The maximum atomic E-state index is 12.4. The summed E-state index contributed by atoms with van der Waals surface area (Å²) in [6.45, 7) is 1.75. The molecular formula is C21H15ClN2O4. The van der Waals surface area contributed by atoms with E-state index in [1.807, 2.05) is 19.2 Å². The molecule has 0 saturated carbocycles. The van der Waals surface area contributed by atoms with Crippen molar-refractivity contribution in [3.05, 3.63) is 93.1 Å². The maximum absolute atomic E-state index is 12.4. The zero-order valence-electron chi connectivity index (χ0n) is 14.9. The second-order valence-electron chi connectivity index (χ2n) is 6.26. The van der Waals surface area contributed by atoms with E-state index in [0.717, 1.165) is 11.3 Å². The highest BCUT2D eigenvalue weighted by molar-refractivity contribution is 6.32. The van der Waals surface area contributed by atoms with Crippen LogP contribution in [0.2, 0.25) is 5.02 Å². The van der Waals surface area contributed by atoms with Gasteiger partial charge in [-0.15, -0.1) is 0 Å². The third-order valence-corrected chi connectivity index (χ3v) is 4.75. The molecule has 0 atom stereocenters. The first-order valence-electron chi connectivity index (χ1n) is 8.51. The minimum absolute atomic E-state index is 0.0682. The predicted octanol–water partition coefficient (Wildman–Crippen LogP) is 4.30. The smallest absolute Gasteiger partial charge is 0.338 e. The zero-order valence-corrected chi connectivity index (χ0v) is 15.6. The average molecular weight is 395 g/mol. The number of carbonyl (C=O) groups is 1. The van der Waals surface area contributed by atoms with E-state index in [4.69, 9.17) is 20.8 Å². The van der Waals surface area contributed by atoms with Crippen molar-refractivity contribution in [3.63, 3.8) is 0 Å². The highest BCUT2D eigenvalue weighted by Crippen LogP contribution is 2.25. The lowest BCUT2D eigenvalue weighted by atomic mass is 10.1. The number of fused-ring (bicyclic) bond motifs is 1.